The Morgan fingerprint density at radius 2 is 2.00 bits per heavy atom. The minimum absolute atomic E-state index is 0.00185. The molecule has 1 aliphatic rings. The Balaban J connectivity index is 2.01. The van der Waals surface area contributed by atoms with Crippen molar-refractivity contribution in [3.05, 3.63) is 0 Å². The number of rotatable bonds is 6. The summed E-state index contributed by atoms with van der Waals surface area (Å²) in [5.74, 6) is 0.558. The zero-order chi connectivity index (χ0) is 10.9. The summed E-state index contributed by atoms with van der Waals surface area (Å²) in [7, 11) is 1.60. The van der Waals surface area contributed by atoms with Crippen molar-refractivity contribution in [3.8, 4) is 0 Å². The van der Waals surface area contributed by atoms with E-state index in [0.29, 0.717) is 25.6 Å². The highest BCUT2D eigenvalue weighted by atomic mass is 16.7. The monoisotopic (exact) mass is 215 g/mol. The Bertz CT molecular complexity index is 179. The van der Waals surface area contributed by atoms with Gasteiger partial charge in [0.1, 0.15) is 0 Å². The van der Waals surface area contributed by atoms with Gasteiger partial charge in [-0.15, -0.1) is 0 Å². The summed E-state index contributed by atoms with van der Waals surface area (Å²) in [4.78, 5) is 16.4. The van der Waals surface area contributed by atoms with E-state index in [-0.39, 0.29) is 5.91 Å². The first kappa shape index (κ1) is 12.5. The van der Waals surface area contributed by atoms with Crippen molar-refractivity contribution in [1.29, 1.82) is 0 Å². The molecule has 0 aromatic heterocycles. The van der Waals surface area contributed by atoms with Crippen LogP contribution < -0.4 is 5.48 Å². The molecule has 1 saturated carbocycles. The van der Waals surface area contributed by atoms with Gasteiger partial charge in [0.25, 0.3) is 0 Å². The second-order valence-electron chi connectivity index (χ2n) is 4.07. The smallest absolute Gasteiger partial charge is 0.243 e. The number of nitrogens with one attached hydrogen (secondary N) is 1. The third-order valence-corrected chi connectivity index (χ3v) is 2.77. The molecule has 15 heavy (non-hydrogen) atoms. The lowest BCUT2D eigenvalue weighted by molar-refractivity contribution is -0.135. The van der Waals surface area contributed by atoms with E-state index < -0.39 is 0 Å². The fourth-order valence-electron chi connectivity index (χ4n) is 1.95. The molecule has 0 spiro atoms. The molecule has 4 heteroatoms. The molecule has 1 aliphatic carbocycles. The molecule has 1 amide bonds. The third kappa shape index (κ3) is 5.74. The van der Waals surface area contributed by atoms with Gasteiger partial charge in [-0.1, -0.05) is 19.3 Å². The van der Waals surface area contributed by atoms with Gasteiger partial charge in [-0.25, -0.2) is 5.48 Å². The van der Waals surface area contributed by atoms with Crippen molar-refractivity contribution < 1.29 is 14.4 Å². The Morgan fingerprint density at radius 1 is 1.27 bits per heavy atom. The molecule has 1 fully saturated rings. The van der Waals surface area contributed by atoms with Crippen LogP contribution in [0, 0.1) is 5.92 Å². The maximum absolute atomic E-state index is 11.4. The van der Waals surface area contributed by atoms with Crippen LogP contribution in [0.15, 0.2) is 0 Å². The van der Waals surface area contributed by atoms with Crippen LogP contribution >= 0.6 is 0 Å². The molecular formula is C11H21NO3. The van der Waals surface area contributed by atoms with Crippen molar-refractivity contribution >= 4 is 5.91 Å². The van der Waals surface area contributed by atoms with Crippen LogP contribution in [0.25, 0.3) is 0 Å². The largest absolute Gasteiger partial charge is 0.382 e. The maximum Gasteiger partial charge on any atom is 0.243 e. The molecule has 0 heterocycles. The van der Waals surface area contributed by atoms with E-state index in [9.17, 15) is 4.79 Å². The first-order valence-electron chi connectivity index (χ1n) is 5.72. The number of hydrogen-bond acceptors (Lipinski definition) is 3. The predicted molar refractivity (Wildman–Crippen MR) is 57.2 cm³/mol. The number of carbonyl (C=O) groups is 1. The molecule has 4 nitrogen and oxygen atoms in total. The highest BCUT2D eigenvalue weighted by Crippen LogP contribution is 2.25. The van der Waals surface area contributed by atoms with Gasteiger partial charge < -0.3 is 4.74 Å². The molecule has 0 atom stereocenters. The van der Waals surface area contributed by atoms with E-state index in [2.05, 4.69) is 5.48 Å². The lowest BCUT2D eigenvalue weighted by Gasteiger charge is -2.20. The summed E-state index contributed by atoms with van der Waals surface area (Å²) in [6, 6.07) is 0. The first-order valence-corrected chi connectivity index (χ1v) is 5.72. The summed E-state index contributed by atoms with van der Waals surface area (Å²) in [6.07, 6.45) is 6.83. The number of hydrogen-bond donors (Lipinski definition) is 1. The molecule has 88 valence electrons. The van der Waals surface area contributed by atoms with Crippen LogP contribution in [-0.4, -0.2) is 26.2 Å². The zero-order valence-electron chi connectivity index (χ0n) is 9.46. The van der Waals surface area contributed by atoms with Crippen LogP contribution in [0.4, 0.5) is 0 Å². The normalized spacial score (nSPS) is 17.7. The van der Waals surface area contributed by atoms with E-state index in [1.54, 1.807) is 7.11 Å². The van der Waals surface area contributed by atoms with Gasteiger partial charge in [-0.05, 0) is 18.8 Å². The molecule has 0 aromatic carbocycles. The number of carbonyl (C=O) groups excluding carboxylic acids is 1. The Morgan fingerprint density at radius 3 is 2.67 bits per heavy atom. The van der Waals surface area contributed by atoms with Crippen LogP contribution in [0.2, 0.25) is 0 Å². The van der Waals surface area contributed by atoms with Crippen molar-refractivity contribution in [3.63, 3.8) is 0 Å². The predicted octanol–water partition coefficient (Wildman–Crippen LogP) is 1.65. The van der Waals surface area contributed by atoms with Crippen molar-refractivity contribution in [2.45, 2.75) is 38.5 Å². The standard InChI is InChI=1S/C11H21NO3/c1-14-7-8-15-12-11(13)9-10-5-3-2-4-6-10/h10H,2-9H2,1H3,(H,12,13). The Kier molecular flexibility index (Phi) is 6.36. The van der Waals surface area contributed by atoms with Crippen LogP contribution in [0.3, 0.4) is 0 Å². The van der Waals surface area contributed by atoms with E-state index in [0.717, 1.165) is 0 Å². The fraction of sp³-hybridized carbons (Fsp3) is 0.909. The Hall–Kier alpha value is -0.610. The quantitative estimate of drug-likeness (QED) is 0.541. The molecule has 0 saturated heterocycles. The molecule has 0 unspecified atom stereocenters. The van der Waals surface area contributed by atoms with Gasteiger partial charge in [-0.3, -0.25) is 9.63 Å². The molecular weight excluding hydrogens is 194 g/mol. The third-order valence-electron chi connectivity index (χ3n) is 2.77. The fourth-order valence-corrected chi connectivity index (χ4v) is 1.95. The van der Waals surface area contributed by atoms with Crippen molar-refractivity contribution in [2.75, 3.05) is 20.3 Å². The molecule has 0 radical (unpaired) electrons. The number of methoxy groups -OCH3 is 1. The molecule has 0 bridgehead atoms. The average molecular weight is 215 g/mol. The summed E-state index contributed by atoms with van der Waals surface area (Å²) in [5.41, 5.74) is 2.45. The van der Waals surface area contributed by atoms with Crippen molar-refractivity contribution in [2.24, 2.45) is 5.92 Å². The van der Waals surface area contributed by atoms with Gasteiger partial charge in [0.2, 0.25) is 5.91 Å². The SMILES string of the molecule is COCCONC(=O)CC1CCCCC1. The number of amides is 1. The van der Waals surface area contributed by atoms with Gasteiger partial charge in [0, 0.05) is 13.5 Å². The molecule has 0 aromatic rings. The minimum Gasteiger partial charge on any atom is -0.382 e. The van der Waals surface area contributed by atoms with Gasteiger partial charge in [0.15, 0.2) is 0 Å². The summed E-state index contributed by atoms with van der Waals surface area (Å²) in [5, 5.41) is 0. The van der Waals surface area contributed by atoms with Crippen LogP contribution in [-0.2, 0) is 14.4 Å². The van der Waals surface area contributed by atoms with E-state index in [4.69, 9.17) is 9.57 Å². The summed E-state index contributed by atoms with van der Waals surface area (Å²) >= 11 is 0. The number of ether oxygens (including phenoxy) is 1. The molecule has 1 rings (SSSR count). The number of hydroxylamine groups is 1. The van der Waals surface area contributed by atoms with Crippen LogP contribution in [0.1, 0.15) is 38.5 Å². The zero-order valence-corrected chi connectivity index (χ0v) is 9.46. The van der Waals surface area contributed by atoms with Crippen molar-refractivity contribution in [1.82, 2.24) is 5.48 Å². The topological polar surface area (TPSA) is 47.6 Å². The minimum atomic E-state index is -0.00185. The van der Waals surface area contributed by atoms with Gasteiger partial charge >= 0.3 is 0 Å². The van der Waals surface area contributed by atoms with Crippen LogP contribution in [0.5, 0.6) is 0 Å². The maximum atomic E-state index is 11.4. The molecule has 1 N–H and O–H groups in total. The highest BCUT2D eigenvalue weighted by molar-refractivity contribution is 5.75. The van der Waals surface area contributed by atoms with E-state index >= 15 is 0 Å². The second-order valence-corrected chi connectivity index (χ2v) is 4.07. The van der Waals surface area contributed by atoms with Gasteiger partial charge in [0.05, 0.1) is 13.2 Å². The lowest BCUT2D eigenvalue weighted by atomic mass is 9.87. The summed E-state index contributed by atoms with van der Waals surface area (Å²) < 4.78 is 4.80. The van der Waals surface area contributed by atoms with E-state index in [1.807, 2.05) is 0 Å². The average Bonchev–Trinajstić information content (AvgIpc) is 2.26. The Labute approximate surface area is 91.3 Å². The lowest BCUT2D eigenvalue weighted by Crippen LogP contribution is -2.27. The second kappa shape index (κ2) is 7.65. The van der Waals surface area contributed by atoms with E-state index in [1.165, 1.54) is 32.1 Å². The first-order chi connectivity index (χ1) is 7.33. The molecule has 0 aliphatic heterocycles. The summed E-state index contributed by atoms with van der Waals surface area (Å²) in [6.45, 7) is 0.913. The van der Waals surface area contributed by atoms with Gasteiger partial charge in [-0.2, -0.15) is 0 Å². The highest BCUT2D eigenvalue weighted by Gasteiger charge is 2.16.